The molecule has 1 aliphatic rings. The van der Waals surface area contributed by atoms with Gasteiger partial charge in [0.05, 0.1) is 12.1 Å². The van der Waals surface area contributed by atoms with Crippen LogP contribution in [0, 0.1) is 12.8 Å². The molecule has 2 N–H and O–H groups in total. The van der Waals surface area contributed by atoms with Crippen molar-refractivity contribution in [3.63, 3.8) is 0 Å². The van der Waals surface area contributed by atoms with E-state index >= 15 is 0 Å². The van der Waals surface area contributed by atoms with Crippen molar-refractivity contribution >= 4 is 0 Å². The lowest BCUT2D eigenvalue weighted by molar-refractivity contribution is -0.00986. The average Bonchev–Trinajstić information content (AvgIpc) is 2.45. The van der Waals surface area contributed by atoms with Crippen LogP contribution in [-0.2, 0) is 4.74 Å². The van der Waals surface area contributed by atoms with Crippen LogP contribution in [0.5, 0.6) is 0 Å². The van der Waals surface area contributed by atoms with Gasteiger partial charge in [0.1, 0.15) is 0 Å². The van der Waals surface area contributed by atoms with Crippen molar-refractivity contribution in [2.45, 2.75) is 58.1 Å². The average molecular weight is 261 g/mol. The first-order valence-electron chi connectivity index (χ1n) is 7.66. The number of hydrogen-bond donors (Lipinski definition) is 1. The summed E-state index contributed by atoms with van der Waals surface area (Å²) in [6.07, 6.45) is 6.74. The number of nitrogens with two attached hydrogens (primary N) is 1. The van der Waals surface area contributed by atoms with Gasteiger partial charge in [0, 0.05) is 6.61 Å². The number of aryl methyl sites for hydroxylation is 1. The van der Waals surface area contributed by atoms with Gasteiger partial charge in [0.2, 0.25) is 0 Å². The first-order chi connectivity index (χ1) is 9.22. The highest BCUT2D eigenvalue weighted by Gasteiger charge is 2.29. The van der Waals surface area contributed by atoms with Crippen LogP contribution in [0.2, 0.25) is 0 Å². The normalized spacial score (nSPS) is 20.2. The highest BCUT2D eigenvalue weighted by Crippen LogP contribution is 2.33. The molecule has 0 aromatic heterocycles. The lowest BCUT2D eigenvalue weighted by Crippen LogP contribution is -2.36. The summed E-state index contributed by atoms with van der Waals surface area (Å²) < 4.78 is 6.01. The van der Waals surface area contributed by atoms with E-state index in [0.717, 1.165) is 6.61 Å². The molecule has 1 aromatic rings. The maximum Gasteiger partial charge on any atom is 0.0795 e. The minimum Gasteiger partial charge on any atom is -0.376 e. The summed E-state index contributed by atoms with van der Waals surface area (Å²) in [5.74, 6) is 0.629. The predicted molar refractivity (Wildman–Crippen MR) is 80.1 cm³/mol. The molecule has 1 saturated carbocycles. The van der Waals surface area contributed by atoms with E-state index < -0.39 is 0 Å². The zero-order chi connectivity index (χ0) is 13.7. The van der Waals surface area contributed by atoms with Crippen molar-refractivity contribution in [2.24, 2.45) is 11.7 Å². The Morgan fingerprint density at radius 1 is 1.26 bits per heavy atom. The Morgan fingerprint density at radius 2 is 2.00 bits per heavy atom. The summed E-state index contributed by atoms with van der Waals surface area (Å²) in [5, 5.41) is 0. The second-order valence-electron chi connectivity index (χ2n) is 5.76. The second kappa shape index (κ2) is 7.06. The van der Waals surface area contributed by atoms with Gasteiger partial charge in [-0.05, 0) is 38.2 Å². The van der Waals surface area contributed by atoms with Crippen LogP contribution in [0.25, 0.3) is 0 Å². The molecule has 2 heteroatoms. The van der Waals surface area contributed by atoms with E-state index in [2.05, 4.69) is 38.1 Å². The Morgan fingerprint density at radius 3 is 2.63 bits per heavy atom. The van der Waals surface area contributed by atoms with Crippen LogP contribution in [-0.4, -0.2) is 12.7 Å². The van der Waals surface area contributed by atoms with E-state index in [1.165, 1.54) is 43.2 Å². The van der Waals surface area contributed by atoms with E-state index in [0.29, 0.717) is 5.92 Å². The molecule has 106 valence electrons. The molecule has 1 aliphatic carbocycles. The highest BCUT2D eigenvalue weighted by molar-refractivity contribution is 5.25. The third-order valence-corrected chi connectivity index (χ3v) is 4.25. The standard InChI is InChI=1S/C17H27NO/c1-3-19-17(14-9-5-4-6-10-14)16(18)15-11-7-8-13(2)12-15/h7-8,11-12,14,16-17H,3-6,9-10,18H2,1-2H3. The van der Waals surface area contributed by atoms with Gasteiger partial charge in [-0.15, -0.1) is 0 Å². The van der Waals surface area contributed by atoms with Crippen LogP contribution in [0.4, 0.5) is 0 Å². The molecule has 2 atom stereocenters. The lowest BCUT2D eigenvalue weighted by Gasteiger charge is -2.34. The Labute approximate surface area is 117 Å². The predicted octanol–water partition coefficient (Wildman–Crippen LogP) is 3.98. The van der Waals surface area contributed by atoms with E-state index in [1.54, 1.807) is 0 Å². The molecule has 0 heterocycles. The van der Waals surface area contributed by atoms with Crippen molar-refractivity contribution in [1.82, 2.24) is 0 Å². The third-order valence-electron chi connectivity index (χ3n) is 4.25. The fourth-order valence-electron chi connectivity index (χ4n) is 3.26. The fraction of sp³-hybridized carbons (Fsp3) is 0.647. The second-order valence-corrected chi connectivity index (χ2v) is 5.76. The lowest BCUT2D eigenvalue weighted by atomic mass is 9.81. The molecule has 0 saturated heterocycles. The minimum absolute atomic E-state index is 0.00273. The summed E-state index contributed by atoms with van der Waals surface area (Å²) in [5.41, 5.74) is 8.98. The maximum absolute atomic E-state index is 6.50. The van der Waals surface area contributed by atoms with Crippen LogP contribution >= 0.6 is 0 Å². The van der Waals surface area contributed by atoms with Gasteiger partial charge in [-0.3, -0.25) is 0 Å². The van der Waals surface area contributed by atoms with Crippen LogP contribution in [0.15, 0.2) is 24.3 Å². The topological polar surface area (TPSA) is 35.2 Å². The first kappa shape index (κ1) is 14.5. The van der Waals surface area contributed by atoms with Gasteiger partial charge in [-0.25, -0.2) is 0 Å². The molecule has 0 amide bonds. The highest BCUT2D eigenvalue weighted by atomic mass is 16.5. The molecule has 0 bridgehead atoms. The SMILES string of the molecule is CCOC(C1CCCCC1)C(N)c1cccc(C)c1. The Bertz CT molecular complexity index is 385. The molecule has 0 spiro atoms. The fourth-order valence-corrected chi connectivity index (χ4v) is 3.26. The first-order valence-corrected chi connectivity index (χ1v) is 7.66. The summed E-state index contributed by atoms with van der Waals surface area (Å²) in [7, 11) is 0. The van der Waals surface area contributed by atoms with Gasteiger partial charge in [0.15, 0.2) is 0 Å². The summed E-state index contributed by atoms with van der Waals surface area (Å²) in [6.45, 7) is 4.94. The third kappa shape index (κ3) is 3.80. The quantitative estimate of drug-likeness (QED) is 0.870. The van der Waals surface area contributed by atoms with E-state index in [9.17, 15) is 0 Å². The number of hydrogen-bond acceptors (Lipinski definition) is 2. The molecule has 1 aromatic carbocycles. The maximum atomic E-state index is 6.50. The summed E-state index contributed by atoms with van der Waals surface area (Å²) in [6, 6.07) is 8.54. The monoisotopic (exact) mass is 261 g/mol. The molecule has 19 heavy (non-hydrogen) atoms. The molecule has 2 unspecified atom stereocenters. The molecular weight excluding hydrogens is 234 g/mol. The van der Waals surface area contributed by atoms with Crippen molar-refractivity contribution in [3.8, 4) is 0 Å². The van der Waals surface area contributed by atoms with E-state index in [1.807, 2.05) is 0 Å². The Hall–Kier alpha value is -0.860. The van der Waals surface area contributed by atoms with Gasteiger partial charge in [-0.2, -0.15) is 0 Å². The van der Waals surface area contributed by atoms with Crippen LogP contribution in [0.3, 0.4) is 0 Å². The molecule has 1 fully saturated rings. The molecule has 2 nitrogen and oxygen atoms in total. The Kier molecular flexibility index (Phi) is 5.41. The largest absolute Gasteiger partial charge is 0.376 e. The number of ether oxygens (including phenoxy) is 1. The van der Waals surface area contributed by atoms with Crippen molar-refractivity contribution in [2.75, 3.05) is 6.61 Å². The molecular formula is C17H27NO. The van der Waals surface area contributed by atoms with Gasteiger partial charge >= 0.3 is 0 Å². The zero-order valence-electron chi connectivity index (χ0n) is 12.3. The van der Waals surface area contributed by atoms with Crippen molar-refractivity contribution in [3.05, 3.63) is 35.4 Å². The molecule has 0 radical (unpaired) electrons. The molecule has 0 aliphatic heterocycles. The Balaban J connectivity index is 2.12. The summed E-state index contributed by atoms with van der Waals surface area (Å²) >= 11 is 0. The zero-order valence-corrected chi connectivity index (χ0v) is 12.3. The van der Waals surface area contributed by atoms with Crippen LogP contribution in [0.1, 0.15) is 56.2 Å². The van der Waals surface area contributed by atoms with E-state index in [-0.39, 0.29) is 12.1 Å². The smallest absolute Gasteiger partial charge is 0.0795 e. The summed E-state index contributed by atoms with van der Waals surface area (Å²) in [4.78, 5) is 0. The minimum atomic E-state index is 0.00273. The number of benzene rings is 1. The van der Waals surface area contributed by atoms with E-state index in [4.69, 9.17) is 10.5 Å². The van der Waals surface area contributed by atoms with Gasteiger partial charge in [0.25, 0.3) is 0 Å². The van der Waals surface area contributed by atoms with Crippen molar-refractivity contribution < 1.29 is 4.74 Å². The number of rotatable bonds is 5. The van der Waals surface area contributed by atoms with Gasteiger partial charge < -0.3 is 10.5 Å². The molecule has 2 rings (SSSR count). The van der Waals surface area contributed by atoms with Gasteiger partial charge in [-0.1, -0.05) is 49.1 Å². The van der Waals surface area contributed by atoms with Crippen molar-refractivity contribution in [1.29, 1.82) is 0 Å². The van der Waals surface area contributed by atoms with Crippen LogP contribution < -0.4 is 5.73 Å².